The summed E-state index contributed by atoms with van der Waals surface area (Å²) in [5, 5.41) is 30.6. The molecule has 21 heavy (non-hydrogen) atoms. The van der Waals surface area contributed by atoms with E-state index in [4.69, 9.17) is 10.9 Å². The van der Waals surface area contributed by atoms with Gasteiger partial charge in [0.25, 0.3) is 5.91 Å². The molecule has 1 amide bonds. The number of oxime groups is 1. The number of amidine groups is 1. The number of phenolic OH excluding ortho intramolecular Hbond substituents is 2. The Balaban J connectivity index is 1.99. The van der Waals surface area contributed by atoms with Crippen molar-refractivity contribution in [1.82, 2.24) is 9.80 Å². The van der Waals surface area contributed by atoms with Gasteiger partial charge in [-0.1, -0.05) is 11.2 Å². The highest BCUT2D eigenvalue weighted by molar-refractivity contribution is 5.97. The van der Waals surface area contributed by atoms with Crippen LogP contribution in [-0.2, 0) is 0 Å². The van der Waals surface area contributed by atoms with Gasteiger partial charge in [-0.15, -0.1) is 0 Å². The van der Waals surface area contributed by atoms with Crippen molar-refractivity contribution in [2.24, 2.45) is 10.9 Å². The zero-order valence-corrected chi connectivity index (χ0v) is 11.4. The number of benzene rings is 1. The van der Waals surface area contributed by atoms with Crippen LogP contribution in [0.5, 0.6) is 11.5 Å². The molecule has 0 unspecified atom stereocenters. The predicted octanol–water partition coefficient (Wildman–Crippen LogP) is -0.398. The molecule has 1 aliphatic rings. The van der Waals surface area contributed by atoms with Crippen LogP contribution < -0.4 is 5.73 Å². The van der Waals surface area contributed by atoms with Crippen LogP contribution in [0, 0.1) is 0 Å². The van der Waals surface area contributed by atoms with E-state index >= 15 is 0 Å². The van der Waals surface area contributed by atoms with Crippen molar-refractivity contribution >= 4 is 11.7 Å². The van der Waals surface area contributed by atoms with E-state index in [0.29, 0.717) is 32.7 Å². The number of piperazine rings is 1. The Morgan fingerprint density at radius 1 is 1.24 bits per heavy atom. The van der Waals surface area contributed by atoms with Gasteiger partial charge < -0.3 is 26.1 Å². The third-order valence-corrected chi connectivity index (χ3v) is 3.42. The minimum Gasteiger partial charge on any atom is -0.504 e. The molecular formula is C13H18N4O4. The van der Waals surface area contributed by atoms with Crippen molar-refractivity contribution in [1.29, 1.82) is 0 Å². The third-order valence-electron chi connectivity index (χ3n) is 3.42. The number of para-hydroxylation sites is 1. The van der Waals surface area contributed by atoms with Crippen LogP contribution in [-0.4, -0.2) is 69.7 Å². The summed E-state index contributed by atoms with van der Waals surface area (Å²) in [4.78, 5) is 15.9. The molecule has 0 bridgehead atoms. The summed E-state index contributed by atoms with van der Waals surface area (Å²) in [6, 6.07) is 4.30. The van der Waals surface area contributed by atoms with Gasteiger partial charge in [-0.25, -0.2) is 0 Å². The van der Waals surface area contributed by atoms with Crippen LogP contribution in [0.25, 0.3) is 0 Å². The van der Waals surface area contributed by atoms with Crippen LogP contribution in [0.2, 0.25) is 0 Å². The molecular weight excluding hydrogens is 276 g/mol. The minimum absolute atomic E-state index is 0.0832. The maximum atomic E-state index is 12.3. The Hall–Kier alpha value is -2.48. The van der Waals surface area contributed by atoms with Crippen LogP contribution in [0.15, 0.2) is 23.4 Å². The average Bonchev–Trinajstić information content (AvgIpc) is 2.50. The van der Waals surface area contributed by atoms with Gasteiger partial charge in [-0.05, 0) is 12.1 Å². The van der Waals surface area contributed by atoms with Crippen LogP contribution in [0.4, 0.5) is 0 Å². The van der Waals surface area contributed by atoms with Gasteiger partial charge in [0, 0.05) is 26.2 Å². The molecule has 0 radical (unpaired) electrons. The van der Waals surface area contributed by atoms with Crippen LogP contribution >= 0.6 is 0 Å². The standard InChI is InChI=1S/C13H18N4O4/c14-11(15-21)8-16-4-6-17(7-5-16)13(20)9-2-1-3-10(18)12(9)19/h1-3,18-19,21H,4-8H2,(H2,14,15). The normalized spacial score (nSPS) is 17.0. The molecule has 5 N–H and O–H groups in total. The molecule has 0 atom stereocenters. The summed E-state index contributed by atoms with van der Waals surface area (Å²) in [6.45, 7) is 2.44. The molecule has 8 nitrogen and oxygen atoms in total. The number of carbonyl (C=O) groups excluding carboxylic acids is 1. The molecule has 0 aliphatic carbocycles. The van der Waals surface area contributed by atoms with Gasteiger partial charge in [0.2, 0.25) is 0 Å². The van der Waals surface area contributed by atoms with E-state index in [9.17, 15) is 15.0 Å². The van der Waals surface area contributed by atoms with Crippen molar-refractivity contribution in [3.8, 4) is 11.5 Å². The zero-order valence-electron chi connectivity index (χ0n) is 11.4. The van der Waals surface area contributed by atoms with Gasteiger partial charge in [0.1, 0.15) is 0 Å². The maximum absolute atomic E-state index is 12.3. The number of hydrogen-bond acceptors (Lipinski definition) is 6. The monoisotopic (exact) mass is 294 g/mol. The fourth-order valence-corrected chi connectivity index (χ4v) is 2.24. The number of nitrogens with two attached hydrogens (primary N) is 1. The van der Waals surface area contributed by atoms with Crippen molar-refractivity contribution in [3.05, 3.63) is 23.8 Å². The fourth-order valence-electron chi connectivity index (χ4n) is 2.24. The third kappa shape index (κ3) is 3.34. The summed E-state index contributed by atoms with van der Waals surface area (Å²) in [5.41, 5.74) is 5.53. The topological polar surface area (TPSA) is 123 Å². The molecule has 1 saturated heterocycles. The molecule has 2 rings (SSSR count). The molecule has 0 spiro atoms. The van der Waals surface area contributed by atoms with E-state index < -0.39 is 5.75 Å². The fraction of sp³-hybridized carbons (Fsp3) is 0.385. The zero-order chi connectivity index (χ0) is 15.4. The Morgan fingerprint density at radius 3 is 2.52 bits per heavy atom. The smallest absolute Gasteiger partial charge is 0.257 e. The van der Waals surface area contributed by atoms with Gasteiger partial charge in [0.15, 0.2) is 17.3 Å². The first kappa shape index (κ1) is 14.9. The van der Waals surface area contributed by atoms with Crippen LogP contribution in [0.3, 0.4) is 0 Å². The van der Waals surface area contributed by atoms with E-state index in [1.807, 2.05) is 4.90 Å². The van der Waals surface area contributed by atoms with E-state index in [1.165, 1.54) is 18.2 Å². The molecule has 114 valence electrons. The second-order valence-electron chi connectivity index (χ2n) is 4.83. The minimum atomic E-state index is -0.401. The summed E-state index contributed by atoms with van der Waals surface area (Å²) in [5.74, 6) is -0.916. The predicted molar refractivity (Wildman–Crippen MR) is 75.5 cm³/mol. The quantitative estimate of drug-likeness (QED) is 0.198. The van der Waals surface area contributed by atoms with Crippen molar-refractivity contribution in [3.63, 3.8) is 0 Å². The lowest BCUT2D eigenvalue weighted by atomic mass is 10.1. The van der Waals surface area contributed by atoms with Crippen LogP contribution in [0.1, 0.15) is 10.4 Å². The summed E-state index contributed by atoms with van der Waals surface area (Å²) < 4.78 is 0. The van der Waals surface area contributed by atoms with Gasteiger partial charge in [0.05, 0.1) is 12.1 Å². The van der Waals surface area contributed by atoms with Gasteiger partial charge in [-0.2, -0.15) is 0 Å². The number of amides is 1. The first-order valence-electron chi connectivity index (χ1n) is 6.52. The van der Waals surface area contributed by atoms with E-state index in [0.717, 1.165) is 0 Å². The lowest BCUT2D eigenvalue weighted by molar-refractivity contribution is 0.0649. The summed E-state index contributed by atoms with van der Waals surface area (Å²) in [6.07, 6.45) is 0. The van der Waals surface area contributed by atoms with Crippen molar-refractivity contribution in [2.45, 2.75) is 0 Å². The van der Waals surface area contributed by atoms with Gasteiger partial charge >= 0.3 is 0 Å². The Labute approximate surface area is 121 Å². The molecule has 1 aliphatic heterocycles. The lowest BCUT2D eigenvalue weighted by Gasteiger charge is -2.34. The number of nitrogens with zero attached hydrogens (tertiary/aromatic N) is 3. The number of rotatable bonds is 3. The van der Waals surface area contributed by atoms with Crippen molar-refractivity contribution in [2.75, 3.05) is 32.7 Å². The Bertz CT molecular complexity index is 553. The highest BCUT2D eigenvalue weighted by Crippen LogP contribution is 2.29. The van der Waals surface area contributed by atoms with E-state index in [-0.39, 0.29) is 23.1 Å². The Kier molecular flexibility index (Phi) is 4.49. The number of hydrogen-bond donors (Lipinski definition) is 4. The second kappa shape index (κ2) is 6.31. The molecule has 0 aromatic heterocycles. The van der Waals surface area contributed by atoms with E-state index in [1.54, 1.807) is 4.90 Å². The number of phenols is 2. The molecule has 1 fully saturated rings. The molecule has 1 heterocycles. The molecule has 1 aromatic carbocycles. The average molecular weight is 294 g/mol. The first-order chi connectivity index (χ1) is 10.0. The van der Waals surface area contributed by atoms with E-state index in [2.05, 4.69) is 5.16 Å². The molecule has 8 heteroatoms. The largest absolute Gasteiger partial charge is 0.504 e. The number of aromatic hydroxyl groups is 2. The highest BCUT2D eigenvalue weighted by atomic mass is 16.4. The summed E-state index contributed by atoms with van der Waals surface area (Å²) >= 11 is 0. The maximum Gasteiger partial charge on any atom is 0.257 e. The Morgan fingerprint density at radius 2 is 1.90 bits per heavy atom. The molecule has 0 saturated carbocycles. The van der Waals surface area contributed by atoms with Crippen molar-refractivity contribution < 1.29 is 20.2 Å². The second-order valence-corrected chi connectivity index (χ2v) is 4.83. The number of carbonyl (C=O) groups is 1. The van der Waals surface area contributed by atoms with Gasteiger partial charge in [-0.3, -0.25) is 9.69 Å². The first-order valence-corrected chi connectivity index (χ1v) is 6.52. The SMILES string of the molecule is N/C(CN1CCN(C(=O)c2cccc(O)c2O)CC1)=N/O. The highest BCUT2D eigenvalue weighted by Gasteiger charge is 2.25. The lowest BCUT2D eigenvalue weighted by Crippen LogP contribution is -2.50. The molecule has 1 aromatic rings. The summed E-state index contributed by atoms with van der Waals surface area (Å²) in [7, 11) is 0.